The van der Waals surface area contributed by atoms with Gasteiger partial charge in [0.05, 0.1) is 11.5 Å². The van der Waals surface area contributed by atoms with Gasteiger partial charge in [-0.3, -0.25) is 4.79 Å². The van der Waals surface area contributed by atoms with Crippen LogP contribution in [0.15, 0.2) is 0 Å². The lowest BCUT2D eigenvalue weighted by Crippen LogP contribution is -2.43. The van der Waals surface area contributed by atoms with Crippen molar-refractivity contribution < 1.29 is 18.0 Å². The van der Waals surface area contributed by atoms with Gasteiger partial charge >= 0.3 is 6.18 Å². The monoisotopic (exact) mass is 237 g/mol. The van der Waals surface area contributed by atoms with Crippen LogP contribution in [-0.4, -0.2) is 25.2 Å². The maximum atomic E-state index is 12.1. The van der Waals surface area contributed by atoms with E-state index >= 15 is 0 Å². The summed E-state index contributed by atoms with van der Waals surface area (Å²) < 4.78 is 36.4. The topological polar surface area (TPSA) is 78.9 Å². The Kier molecular flexibility index (Phi) is 4.75. The summed E-state index contributed by atoms with van der Waals surface area (Å²) in [7, 11) is 0. The summed E-state index contributed by atoms with van der Waals surface area (Å²) in [4.78, 5) is 10.9. The number of primary amides is 1. The maximum Gasteiger partial charge on any atom is 0.405 e. The number of rotatable bonds is 5. The van der Waals surface area contributed by atoms with E-state index in [0.717, 1.165) is 6.07 Å². The van der Waals surface area contributed by atoms with Crippen molar-refractivity contribution in [2.24, 2.45) is 17.1 Å². The van der Waals surface area contributed by atoms with Crippen molar-refractivity contribution in [3.8, 4) is 6.07 Å². The number of nitriles is 1. The Morgan fingerprint density at radius 1 is 1.50 bits per heavy atom. The fourth-order valence-corrected chi connectivity index (χ4v) is 0.851. The van der Waals surface area contributed by atoms with Gasteiger partial charge in [-0.2, -0.15) is 18.4 Å². The predicted molar refractivity (Wildman–Crippen MR) is 51.0 cm³/mol. The van der Waals surface area contributed by atoms with Crippen molar-refractivity contribution in [3.63, 3.8) is 0 Å². The molecule has 1 unspecified atom stereocenters. The smallest absolute Gasteiger partial charge is 0.369 e. The van der Waals surface area contributed by atoms with Gasteiger partial charge in [-0.15, -0.1) is 0 Å². The van der Waals surface area contributed by atoms with E-state index in [-0.39, 0.29) is 6.54 Å². The average Bonchev–Trinajstić information content (AvgIpc) is 2.10. The van der Waals surface area contributed by atoms with Crippen LogP contribution in [0.5, 0.6) is 0 Å². The SMILES string of the molecule is CC(C)(CNCC(C#N)C(F)(F)F)C(N)=O. The van der Waals surface area contributed by atoms with Gasteiger partial charge in [0.25, 0.3) is 0 Å². The third-order valence-corrected chi connectivity index (χ3v) is 2.13. The molecule has 1 atom stereocenters. The van der Waals surface area contributed by atoms with E-state index in [2.05, 4.69) is 5.32 Å². The second-order valence-electron chi connectivity index (χ2n) is 4.10. The standard InChI is InChI=1S/C9H14F3N3O/c1-8(2,7(14)16)5-15-4-6(3-13)9(10,11)12/h6,15H,4-5H2,1-2H3,(H2,14,16). The van der Waals surface area contributed by atoms with E-state index in [0.29, 0.717) is 0 Å². The predicted octanol–water partition coefficient (Wildman–Crippen LogP) is 0.790. The summed E-state index contributed by atoms with van der Waals surface area (Å²) in [6.07, 6.45) is -4.56. The molecule has 0 aliphatic carbocycles. The van der Waals surface area contributed by atoms with Crippen LogP contribution < -0.4 is 11.1 Å². The lowest BCUT2D eigenvalue weighted by Gasteiger charge is -2.22. The van der Waals surface area contributed by atoms with Gasteiger partial charge in [-0.25, -0.2) is 0 Å². The first-order chi connectivity index (χ1) is 7.11. The van der Waals surface area contributed by atoms with Crippen LogP contribution in [-0.2, 0) is 4.79 Å². The number of carbonyl (C=O) groups excluding carboxylic acids is 1. The number of halogens is 3. The third-order valence-electron chi connectivity index (χ3n) is 2.13. The molecule has 0 saturated carbocycles. The van der Waals surface area contributed by atoms with E-state index < -0.39 is 30.0 Å². The summed E-state index contributed by atoms with van der Waals surface area (Å²) in [5.41, 5.74) is 4.10. The minimum Gasteiger partial charge on any atom is -0.369 e. The molecule has 0 aromatic carbocycles. The van der Waals surface area contributed by atoms with Crippen LogP contribution in [0.4, 0.5) is 13.2 Å². The number of amides is 1. The van der Waals surface area contributed by atoms with Crippen molar-refractivity contribution in [1.29, 1.82) is 5.26 Å². The van der Waals surface area contributed by atoms with Crippen LogP contribution in [0, 0.1) is 22.7 Å². The molecular formula is C9H14F3N3O. The molecule has 92 valence electrons. The molecule has 16 heavy (non-hydrogen) atoms. The number of alkyl halides is 3. The number of nitrogens with one attached hydrogen (secondary N) is 1. The van der Waals surface area contributed by atoms with Gasteiger partial charge in [0.15, 0.2) is 5.92 Å². The number of hydrogen-bond acceptors (Lipinski definition) is 3. The number of carbonyl (C=O) groups is 1. The minimum absolute atomic E-state index is 0.00338. The Bertz CT molecular complexity index is 293. The largest absolute Gasteiger partial charge is 0.405 e. The van der Waals surface area contributed by atoms with Crippen molar-refractivity contribution >= 4 is 5.91 Å². The number of nitrogens with two attached hydrogens (primary N) is 1. The van der Waals surface area contributed by atoms with Crippen molar-refractivity contribution in [1.82, 2.24) is 5.32 Å². The molecule has 0 aromatic heterocycles. The molecule has 0 saturated heterocycles. The molecule has 0 rings (SSSR count). The molecule has 0 aliphatic rings. The van der Waals surface area contributed by atoms with E-state index in [1.165, 1.54) is 13.8 Å². The van der Waals surface area contributed by atoms with Gasteiger partial charge in [0.2, 0.25) is 5.91 Å². The Labute approximate surface area is 91.6 Å². The highest BCUT2D eigenvalue weighted by Gasteiger charge is 2.39. The molecule has 0 radical (unpaired) electrons. The van der Waals surface area contributed by atoms with Gasteiger partial charge < -0.3 is 11.1 Å². The normalized spacial score (nSPS) is 14.2. The Morgan fingerprint density at radius 3 is 2.31 bits per heavy atom. The van der Waals surface area contributed by atoms with Crippen molar-refractivity contribution in [3.05, 3.63) is 0 Å². The molecule has 3 N–H and O–H groups in total. The minimum atomic E-state index is -4.56. The molecule has 0 heterocycles. The first-order valence-electron chi connectivity index (χ1n) is 4.58. The van der Waals surface area contributed by atoms with Gasteiger partial charge in [0.1, 0.15) is 0 Å². The molecule has 0 aromatic rings. The number of hydrogen-bond donors (Lipinski definition) is 2. The summed E-state index contributed by atoms with van der Waals surface area (Å²) in [6, 6.07) is 1.15. The summed E-state index contributed by atoms with van der Waals surface area (Å²) in [6.45, 7) is 2.47. The van der Waals surface area contributed by atoms with Crippen LogP contribution in [0.3, 0.4) is 0 Å². The van der Waals surface area contributed by atoms with E-state index in [1.807, 2.05) is 0 Å². The lowest BCUT2D eigenvalue weighted by molar-refractivity contribution is -0.157. The second-order valence-corrected chi connectivity index (χ2v) is 4.10. The molecular weight excluding hydrogens is 223 g/mol. The molecule has 4 nitrogen and oxygen atoms in total. The van der Waals surface area contributed by atoms with Crippen molar-refractivity contribution in [2.75, 3.05) is 13.1 Å². The van der Waals surface area contributed by atoms with Crippen LogP contribution in [0.25, 0.3) is 0 Å². The molecule has 7 heteroatoms. The highest BCUT2D eigenvalue weighted by atomic mass is 19.4. The number of nitrogens with zero attached hydrogens (tertiary/aromatic N) is 1. The Morgan fingerprint density at radius 2 is 2.00 bits per heavy atom. The van der Waals surface area contributed by atoms with Crippen LogP contribution >= 0.6 is 0 Å². The quantitative estimate of drug-likeness (QED) is 0.742. The molecule has 0 bridgehead atoms. The second kappa shape index (κ2) is 5.16. The molecule has 0 spiro atoms. The van der Waals surface area contributed by atoms with Gasteiger partial charge in [-0.05, 0) is 13.8 Å². The van der Waals surface area contributed by atoms with Crippen LogP contribution in [0.2, 0.25) is 0 Å². The first-order valence-corrected chi connectivity index (χ1v) is 4.58. The molecule has 1 amide bonds. The highest BCUT2D eigenvalue weighted by Crippen LogP contribution is 2.25. The van der Waals surface area contributed by atoms with E-state index in [1.54, 1.807) is 0 Å². The summed E-state index contributed by atoms with van der Waals surface area (Å²) >= 11 is 0. The molecule has 0 aliphatic heterocycles. The zero-order chi connectivity index (χ0) is 13.0. The Hall–Kier alpha value is -1.29. The average molecular weight is 237 g/mol. The first kappa shape index (κ1) is 14.7. The van der Waals surface area contributed by atoms with E-state index in [4.69, 9.17) is 11.0 Å². The summed E-state index contributed by atoms with van der Waals surface area (Å²) in [5.74, 6) is -2.68. The fourth-order valence-electron chi connectivity index (χ4n) is 0.851. The van der Waals surface area contributed by atoms with Gasteiger partial charge in [0, 0.05) is 13.1 Å². The maximum absolute atomic E-state index is 12.1. The fraction of sp³-hybridized carbons (Fsp3) is 0.778. The van der Waals surface area contributed by atoms with Gasteiger partial charge in [-0.1, -0.05) is 0 Å². The summed E-state index contributed by atoms with van der Waals surface area (Å²) in [5, 5.41) is 10.7. The zero-order valence-electron chi connectivity index (χ0n) is 9.06. The molecule has 0 fully saturated rings. The Balaban J connectivity index is 4.18. The van der Waals surface area contributed by atoms with Crippen LogP contribution in [0.1, 0.15) is 13.8 Å². The lowest BCUT2D eigenvalue weighted by atomic mass is 9.92. The van der Waals surface area contributed by atoms with Crippen molar-refractivity contribution in [2.45, 2.75) is 20.0 Å². The highest BCUT2D eigenvalue weighted by molar-refractivity contribution is 5.80. The van der Waals surface area contributed by atoms with E-state index in [9.17, 15) is 18.0 Å². The zero-order valence-corrected chi connectivity index (χ0v) is 9.06. The third kappa shape index (κ3) is 4.49.